The molecule has 1 saturated heterocycles. The Morgan fingerprint density at radius 3 is 2.28 bits per heavy atom. The summed E-state index contributed by atoms with van der Waals surface area (Å²) in [5, 5.41) is 0.195. The van der Waals surface area contributed by atoms with Gasteiger partial charge in [0.1, 0.15) is 13.6 Å². The normalized spacial score (nSPS) is 42.4. The fraction of sp³-hybridized carbons (Fsp3) is 0.667. The molecule has 1 aromatic carbocycles. The molecule has 5 fully saturated rings. The van der Waals surface area contributed by atoms with Crippen molar-refractivity contribution in [1.29, 1.82) is 0 Å². The molecule has 0 amide bonds. The van der Waals surface area contributed by atoms with Crippen molar-refractivity contribution in [3.63, 3.8) is 0 Å². The zero-order chi connectivity index (χ0) is 19.9. The molecule has 1 spiro atoms. The van der Waals surface area contributed by atoms with Crippen molar-refractivity contribution < 1.29 is 62.9 Å². The molecule has 3 unspecified atom stereocenters. The van der Waals surface area contributed by atoms with Gasteiger partial charge < -0.3 is 23.6 Å². The quantitative estimate of drug-likeness (QED) is 0.261. The summed E-state index contributed by atoms with van der Waals surface area (Å²) in [6.45, 7) is 0. The van der Waals surface area contributed by atoms with Crippen LogP contribution in [0.15, 0.2) is 18.2 Å². The third-order valence-corrected chi connectivity index (χ3v) is 8.01. The van der Waals surface area contributed by atoms with Crippen LogP contribution < -0.4 is 43.9 Å². The first-order valence-corrected chi connectivity index (χ1v) is 11.4. The summed E-state index contributed by atoms with van der Waals surface area (Å²) in [7, 11) is -3.73. The summed E-state index contributed by atoms with van der Waals surface area (Å²) >= 11 is 13.0. The predicted molar refractivity (Wildman–Crippen MR) is 95.4 cm³/mol. The Morgan fingerprint density at radius 2 is 1.79 bits per heavy atom. The van der Waals surface area contributed by atoms with Crippen LogP contribution in [0.5, 0.6) is 5.75 Å². The molecule has 1 aromatic rings. The minimum atomic E-state index is -5.24. The van der Waals surface area contributed by atoms with Gasteiger partial charge in [0.05, 0.1) is 0 Å². The van der Waals surface area contributed by atoms with Crippen molar-refractivity contribution >= 4 is 31.0 Å². The van der Waals surface area contributed by atoms with Gasteiger partial charge in [0.25, 0.3) is 5.79 Å². The second-order valence-electron chi connectivity index (χ2n) is 8.49. The standard InChI is InChI=1S/C18H21Cl2O7P.Na/c1-24-18(11-4-14(19)6-15(5-11)25-28(21,22)23)17(26-27-18)12-2-10-3-13(17)9-16(20,7-10)8-12;/h4-6,10,12-13H,2-3,7-9H2,1H3,(H2,21,22,23);/q;+1/p-2. The molecular weight excluding hydrogens is 453 g/mol. The number of phosphoric ester groups is 1. The summed E-state index contributed by atoms with van der Waals surface area (Å²) in [5.74, 6) is -0.626. The molecule has 1 aliphatic heterocycles. The van der Waals surface area contributed by atoms with E-state index in [0.29, 0.717) is 11.5 Å². The maximum Gasteiger partial charge on any atom is 1.00 e. The number of hydrogen-bond donors (Lipinski definition) is 0. The average Bonchev–Trinajstić information content (AvgIpc) is 2.50. The Kier molecular flexibility index (Phi) is 5.76. The molecule has 3 atom stereocenters. The van der Waals surface area contributed by atoms with Crippen LogP contribution in [0.25, 0.3) is 0 Å². The first kappa shape index (κ1) is 22.8. The van der Waals surface area contributed by atoms with Crippen LogP contribution in [0, 0.1) is 17.8 Å². The molecule has 6 rings (SSSR count). The van der Waals surface area contributed by atoms with Crippen LogP contribution in [0.1, 0.15) is 37.7 Å². The van der Waals surface area contributed by atoms with Crippen molar-refractivity contribution in [2.75, 3.05) is 7.11 Å². The molecule has 11 heteroatoms. The van der Waals surface area contributed by atoms with Gasteiger partial charge in [-0.3, -0.25) is 0 Å². The van der Waals surface area contributed by atoms with Crippen LogP contribution in [0.4, 0.5) is 0 Å². The molecule has 29 heavy (non-hydrogen) atoms. The van der Waals surface area contributed by atoms with Crippen molar-refractivity contribution in [2.45, 2.75) is 48.4 Å². The second-order valence-corrected chi connectivity index (χ2v) is 10.8. The van der Waals surface area contributed by atoms with Crippen LogP contribution in [0.2, 0.25) is 5.02 Å². The Balaban J connectivity index is 0.00000205. The summed E-state index contributed by atoms with van der Waals surface area (Å²) in [6.07, 6.45) is 4.57. The summed E-state index contributed by atoms with van der Waals surface area (Å²) < 4.78 is 21.5. The fourth-order valence-corrected chi connectivity index (χ4v) is 7.46. The summed E-state index contributed by atoms with van der Waals surface area (Å²) in [5.41, 5.74) is -0.286. The van der Waals surface area contributed by atoms with Gasteiger partial charge in [-0.05, 0) is 68.1 Å². The van der Waals surface area contributed by atoms with Crippen molar-refractivity contribution in [2.24, 2.45) is 17.8 Å². The third-order valence-electron chi connectivity index (χ3n) is 6.89. The molecule has 0 aromatic heterocycles. The van der Waals surface area contributed by atoms with Gasteiger partial charge in [0, 0.05) is 22.6 Å². The van der Waals surface area contributed by atoms with Gasteiger partial charge in [-0.25, -0.2) is 4.89 Å². The van der Waals surface area contributed by atoms with E-state index in [1.54, 1.807) is 6.07 Å². The molecule has 0 N–H and O–H groups in total. The van der Waals surface area contributed by atoms with E-state index in [1.165, 1.54) is 19.2 Å². The number of halogens is 2. The third kappa shape index (κ3) is 3.37. The van der Waals surface area contributed by atoms with E-state index in [-0.39, 0.29) is 57.0 Å². The van der Waals surface area contributed by atoms with Crippen molar-refractivity contribution in [1.82, 2.24) is 0 Å². The predicted octanol–water partition coefficient (Wildman–Crippen LogP) is -0.131. The largest absolute Gasteiger partial charge is 1.00 e. The van der Waals surface area contributed by atoms with E-state index in [4.69, 9.17) is 37.7 Å². The monoisotopic (exact) mass is 471 g/mol. The number of phosphoric acid groups is 1. The van der Waals surface area contributed by atoms with Crippen LogP contribution in [-0.2, 0) is 24.9 Å². The zero-order valence-corrected chi connectivity index (χ0v) is 20.5. The van der Waals surface area contributed by atoms with Gasteiger partial charge >= 0.3 is 29.6 Å². The maximum absolute atomic E-state index is 11.1. The Hall–Kier alpha value is 0.630. The molecule has 4 aliphatic carbocycles. The van der Waals surface area contributed by atoms with Crippen LogP contribution in [0.3, 0.4) is 0 Å². The Bertz CT molecular complexity index is 860. The first-order valence-electron chi connectivity index (χ1n) is 9.23. The molecule has 7 nitrogen and oxygen atoms in total. The average molecular weight is 472 g/mol. The molecular formula is C18H19Cl2NaO7P-. The second kappa shape index (κ2) is 7.32. The zero-order valence-electron chi connectivity index (χ0n) is 16.1. The van der Waals surface area contributed by atoms with E-state index in [0.717, 1.165) is 32.1 Å². The number of hydrogen-bond acceptors (Lipinski definition) is 7. The molecule has 0 radical (unpaired) electrons. The van der Waals surface area contributed by atoms with E-state index in [9.17, 15) is 14.4 Å². The van der Waals surface area contributed by atoms with Gasteiger partial charge in [-0.2, -0.15) is 4.89 Å². The molecule has 4 saturated carbocycles. The molecule has 4 bridgehead atoms. The Morgan fingerprint density at radius 1 is 1.14 bits per heavy atom. The minimum Gasteiger partial charge on any atom is -0.780 e. The van der Waals surface area contributed by atoms with E-state index in [1.807, 2.05) is 0 Å². The van der Waals surface area contributed by atoms with E-state index in [2.05, 4.69) is 4.52 Å². The minimum absolute atomic E-state index is 0. The van der Waals surface area contributed by atoms with Crippen molar-refractivity contribution in [3.8, 4) is 5.75 Å². The summed E-state index contributed by atoms with van der Waals surface area (Å²) in [4.78, 5) is 33.4. The number of methoxy groups -OCH3 is 1. The summed E-state index contributed by atoms with van der Waals surface area (Å²) in [6, 6.07) is 4.28. The van der Waals surface area contributed by atoms with Gasteiger partial charge in [0.2, 0.25) is 0 Å². The van der Waals surface area contributed by atoms with Gasteiger partial charge in [0.15, 0.2) is 5.60 Å². The van der Waals surface area contributed by atoms with E-state index >= 15 is 0 Å². The number of alkyl halides is 1. The molecule has 154 valence electrons. The molecule has 1 heterocycles. The maximum atomic E-state index is 11.1. The van der Waals surface area contributed by atoms with E-state index < -0.39 is 19.2 Å². The Labute approximate surface area is 200 Å². The fourth-order valence-electron chi connectivity index (χ4n) is 6.28. The number of ether oxygens (including phenoxy) is 1. The number of rotatable bonds is 4. The first-order chi connectivity index (χ1) is 13.1. The topological polar surface area (TPSA) is 100 Å². The number of benzene rings is 1. The van der Waals surface area contributed by atoms with Crippen molar-refractivity contribution in [3.05, 3.63) is 28.8 Å². The van der Waals surface area contributed by atoms with Gasteiger partial charge in [-0.15, -0.1) is 11.6 Å². The molecule has 5 aliphatic rings. The smallest absolute Gasteiger partial charge is 0.780 e. The van der Waals surface area contributed by atoms with Crippen LogP contribution >= 0.6 is 31.0 Å². The van der Waals surface area contributed by atoms with Gasteiger partial charge in [-0.1, -0.05) is 11.6 Å². The van der Waals surface area contributed by atoms with Crippen LogP contribution in [-0.4, -0.2) is 17.6 Å². The SMILES string of the molecule is COC1(c2cc(Cl)cc(OP(=O)([O-])[O-])c2)OOC12C1CC3CC2CC(Cl)(C3)C1.[Na+].